The Morgan fingerprint density at radius 1 is 1.15 bits per heavy atom. The van der Waals surface area contributed by atoms with Gasteiger partial charge in [-0.15, -0.1) is 0 Å². The van der Waals surface area contributed by atoms with E-state index in [1.807, 2.05) is 0 Å². The lowest BCUT2D eigenvalue weighted by Crippen LogP contribution is -2.43. The van der Waals surface area contributed by atoms with Gasteiger partial charge >= 0.3 is 0 Å². The molecule has 120 valence electrons. The predicted molar refractivity (Wildman–Crippen MR) is 90.2 cm³/mol. The molecular formula is C18H38N2. The van der Waals surface area contributed by atoms with Crippen molar-refractivity contribution in [2.45, 2.75) is 85.7 Å². The van der Waals surface area contributed by atoms with Gasteiger partial charge in [0.15, 0.2) is 0 Å². The van der Waals surface area contributed by atoms with Gasteiger partial charge in [0.1, 0.15) is 0 Å². The zero-order chi connectivity index (χ0) is 15.2. The first-order valence-electron chi connectivity index (χ1n) is 8.82. The van der Waals surface area contributed by atoms with Crippen LogP contribution in [0.3, 0.4) is 0 Å². The fourth-order valence-corrected chi connectivity index (χ4v) is 3.46. The van der Waals surface area contributed by atoms with Crippen LogP contribution in [0, 0.1) is 11.3 Å². The molecular weight excluding hydrogens is 244 g/mol. The van der Waals surface area contributed by atoms with Crippen LogP contribution in [0.1, 0.15) is 73.6 Å². The predicted octanol–water partition coefficient (Wildman–Crippen LogP) is 4.30. The number of hydrogen-bond donors (Lipinski definition) is 1. The summed E-state index contributed by atoms with van der Waals surface area (Å²) in [7, 11) is 0. The van der Waals surface area contributed by atoms with Crippen LogP contribution in [0.15, 0.2) is 0 Å². The maximum Gasteiger partial charge on any atom is 0.0192 e. The maximum atomic E-state index is 3.70. The molecule has 3 atom stereocenters. The third kappa shape index (κ3) is 6.13. The highest BCUT2D eigenvalue weighted by atomic mass is 15.2. The van der Waals surface area contributed by atoms with Gasteiger partial charge in [-0.2, -0.15) is 0 Å². The van der Waals surface area contributed by atoms with E-state index < -0.39 is 0 Å². The highest BCUT2D eigenvalue weighted by Gasteiger charge is 2.28. The number of rotatable bonds is 6. The lowest BCUT2D eigenvalue weighted by molar-refractivity contribution is 0.184. The van der Waals surface area contributed by atoms with Crippen LogP contribution in [-0.4, -0.2) is 36.6 Å². The monoisotopic (exact) mass is 282 g/mol. The number of nitrogens with zero attached hydrogens (tertiary/aromatic N) is 1. The Hall–Kier alpha value is -0.0800. The van der Waals surface area contributed by atoms with Gasteiger partial charge in [-0.25, -0.2) is 0 Å². The number of nitrogens with one attached hydrogen (secondary N) is 1. The van der Waals surface area contributed by atoms with Gasteiger partial charge in [0.2, 0.25) is 0 Å². The molecule has 1 saturated heterocycles. The van der Waals surface area contributed by atoms with Crippen LogP contribution in [-0.2, 0) is 0 Å². The second kappa shape index (κ2) is 8.38. The molecule has 1 heterocycles. The van der Waals surface area contributed by atoms with E-state index in [2.05, 4.69) is 51.8 Å². The van der Waals surface area contributed by atoms with Crippen molar-refractivity contribution in [3.05, 3.63) is 0 Å². The molecule has 1 rings (SSSR count). The van der Waals surface area contributed by atoms with Crippen LogP contribution in [0.5, 0.6) is 0 Å². The zero-order valence-electron chi connectivity index (χ0n) is 14.8. The molecule has 1 aliphatic heterocycles. The first-order chi connectivity index (χ1) is 9.34. The van der Waals surface area contributed by atoms with Crippen molar-refractivity contribution in [3.63, 3.8) is 0 Å². The molecule has 2 heteroatoms. The Morgan fingerprint density at radius 3 is 2.45 bits per heavy atom. The third-order valence-corrected chi connectivity index (χ3v) is 5.09. The van der Waals surface area contributed by atoms with Crippen molar-refractivity contribution in [1.29, 1.82) is 0 Å². The quantitative estimate of drug-likeness (QED) is 0.781. The van der Waals surface area contributed by atoms with E-state index in [0.717, 1.165) is 12.5 Å². The Kier molecular flexibility index (Phi) is 7.53. The summed E-state index contributed by atoms with van der Waals surface area (Å²) < 4.78 is 0. The average Bonchev–Trinajstić information content (AvgIpc) is 2.61. The van der Waals surface area contributed by atoms with E-state index in [-0.39, 0.29) is 0 Å². The van der Waals surface area contributed by atoms with E-state index in [1.54, 1.807) is 0 Å². The molecule has 0 spiro atoms. The normalized spacial score (nSPS) is 25.2. The van der Waals surface area contributed by atoms with Gasteiger partial charge in [-0.05, 0) is 64.0 Å². The van der Waals surface area contributed by atoms with E-state index in [0.29, 0.717) is 17.5 Å². The Morgan fingerprint density at radius 2 is 1.85 bits per heavy atom. The summed E-state index contributed by atoms with van der Waals surface area (Å²) in [5.41, 5.74) is 0.479. The highest BCUT2D eigenvalue weighted by Crippen LogP contribution is 2.34. The Bertz CT molecular complexity index is 257. The van der Waals surface area contributed by atoms with E-state index in [9.17, 15) is 0 Å². The minimum Gasteiger partial charge on any atom is -0.313 e. The molecule has 2 nitrogen and oxygen atoms in total. The average molecular weight is 283 g/mol. The maximum absolute atomic E-state index is 3.70. The molecule has 0 amide bonds. The highest BCUT2D eigenvalue weighted by molar-refractivity contribution is 4.81. The van der Waals surface area contributed by atoms with Crippen molar-refractivity contribution < 1.29 is 0 Å². The molecule has 0 saturated carbocycles. The third-order valence-electron chi connectivity index (χ3n) is 5.09. The molecule has 0 aromatic heterocycles. The summed E-state index contributed by atoms with van der Waals surface area (Å²) >= 11 is 0. The molecule has 0 aromatic rings. The van der Waals surface area contributed by atoms with Gasteiger partial charge in [-0.3, -0.25) is 4.90 Å². The summed E-state index contributed by atoms with van der Waals surface area (Å²) in [4.78, 5) is 2.71. The SMILES string of the molecule is CCCC(C)NCC(C)N1CCCC(C(C)(C)C)CC1. The lowest BCUT2D eigenvalue weighted by atomic mass is 9.77. The summed E-state index contributed by atoms with van der Waals surface area (Å²) in [6.07, 6.45) is 6.72. The molecule has 0 radical (unpaired) electrons. The topological polar surface area (TPSA) is 15.3 Å². The molecule has 3 unspecified atom stereocenters. The zero-order valence-corrected chi connectivity index (χ0v) is 14.8. The summed E-state index contributed by atoms with van der Waals surface area (Å²) in [6, 6.07) is 1.34. The fraction of sp³-hybridized carbons (Fsp3) is 1.00. The summed E-state index contributed by atoms with van der Waals surface area (Å²) in [6.45, 7) is 17.9. The minimum absolute atomic E-state index is 0.479. The largest absolute Gasteiger partial charge is 0.313 e. The minimum atomic E-state index is 0.479. The second-order valence-corrected chi connectivity index (χ2v) is 7.98. The van der Waals surface area contributed by atoms with Gasteiger partial charge in [0, 0.05) is 18.6 Å². The second-order valence-electron chi connectivity index (χ2n) is 7.98. The molecule has 1 N–H and O–H groups in total. The first-order valence-corrected chi connectivity index (χ1v) is 8.82. The van der Waals surface area contributed by atoms with Gasteiger partial charge in [-0.1, -0.05) is 34.1 Å². The van der Waals surface area contributed by atoms with Crippen LogP contribution >= 0.6 is 0 Å². The molecule has 0 aromatic carbocycles. The summed E-state index contributed by atoms with van der Waals surface area (Å²) in [5.74, 6) is 0.895. The molecule has 0 aliphatic carbocycles. The molecule has 1 fully saturated rings. The van der Waals surface area contributed by atoms with Crippen molar-refractivity contribution in [1.82, 2.24) is 10.2 Å². The lowest BCUT2D eigenvalue weighted by Gasteiger charge is -2.31. The van der Waals surface area contributed by atoms with Crippen LogP contribution in [0.25, 0.3) is 0 Å². The molecule has 1 aliphatic rings. The molecule has 20 heavy (non-hydrogen) atoms. The number of likely N-dealkylation sites (tertiary alicyclic amines) is 1. The Balaban J connectivity index is 2.36. The van der Waals surface area contributed by atoms with Crippen molar-refractivity contribution in [2.75, 3.05) is 19.6 Å². The summed E-state index contributed by atoms with van der Waals surface area (Å²) in [5, 5.41) is 3.70. The van der Waals surface area contributed by atoms with E-state index >= 15 is 0 Å². The smallest absolute Gasteiger partial charge is 0.0192 e. The fourth-order valence-electron chi connectivity index (χ4n) is 3.46. The van der Waals surface area contributed by atoms with Crippen LogP contribution in [0.2, 0.25) is 0 Å². The molecule has 0 bridgehead atoms. The van der Waals surface area contributed by atoms with Gasteiger partial charge in [0.25, 0.3) is 0 Å². The standard InChI is InChI=1S/C18H38N2/c1-7-9-15(2)19-14-16(3)20-12-8-10-17(11-13-20)18(4,5)6/h15-17,19H,7-14H2,1-6H3. The first kappa shape index (κ1) is 18.0. The van der Waals surface area contributed by atoms with Crippen molar-refractivity contribution >= 4 is 0 Å². The van der Waals surface area contributed by atoms with Gasteiger partial charge < -0.3 is 5.32 Å². The van der Waals surface area contributed by atoms with Gasteiger partial charge in [0.05, 0.1) is 0 Å². The van der Waals surface area contributed by atoms with E-state index in [4.69, 9.17) is 0 Å². The number of hydrogen-bond acceptors (Lipinski definition) is 2. The van der Waals surface area contributed by atoms with E-state index in [1.165, 1.54) is 45.2 Å². The van der Waals surface area contributed by atoms with Crippen LogP contribution < -0.4 is 5.32 Å². The van der Waals surface area contributed by atoms with Crippen molar-refractivity contribution in [2.24, 2.45) is 11.3 Å². The Labute approximate surface area is 127 Å². The van der Waals surface area contributed by atoms with Crippen molar-refractivity contribution in [3.8, 4) is 0 Å². The van der Waals surface area contributed by atoms with Crippen LogP contribution in [0.4, 0.5) is 0 Å².